The molecule has 0 bridgehead atoms. The van der Waals surface area contributed by atoms with E-state index in [9.17, 15) is 15.2 Å². The molecule has 2 aromatic carbocycles. The number of nitro benzene ring substituents is 1. The average Bonchev–Trinajstić information content (AvgIpc) is 2.16. The van der Waals surface area contributed by atoms with Gasteiger partial charge in [-0.15, -0.1) is 0 Å². The van der Waals surface area contributed by atoms with Crippen molar-refractivity contribution in [1.29, 1.82) is 0 Å². The fraction of sp³-hybridized carbons (Fsp3) is 0. The highest BCUT2D eigenvalue weighted by Gasteiger charge is 2.14. The quantitative estimate of drug-likeness (QED) is 0.638. The molecule has 0 aliphatic heterocycles. The molecular weight excluding hydrogens is 262 g/mol. The fourth-order valence-electron chi connectivity index (χ4n) is 1.49. The Morgan fingerprint density at radius 2 is 2.07 bits per heavy atom. The molecule has 0 atom stereocenters. The minimum absolute atomic E-state index is 0.0272. The van der Waals surface area contributed by atoms with Gasteiger partial charge in [0.05, 0.1) is 10.3 Å². The third-order valence-electron chi connectivity index (χ3n) is 2.09. The Morgan fingerprint density at radius 1 is 1.33 bits per heavy atom. The van der Waals surface area contributed by atoms with Crippen LogP contribution in [0.5, 0.6) is 5.75 Å². The molecule has 0 radical (unpaired) electrons. The predicted octanol–water partition coefficient (Wildman–Crippen LogP) is 3.22. The Bertz CT molecular complexity index is 554. The van der Waals surface area contributed by atoms with Crippen molar-refractivity contribution in [1.82, 2.24) is 0 Å². The number of phenolic OH excluding ortho intramolecular Hbond substituents is 1. The number of phenols is 1. The van der Waals surface area contributed by atoms with E-state index in [1.165, 1.54) is 18.2 Å². The molecular formula is C10H6BrNO3. The Labute approximate surface area is 93.4 Å². The van der Waals surface area contributed by atoms with Crippen molar-refractivity contribution in [2.45, 2.75) is 0 Å². The molecule has 0 aliphatic carbocycles. The summed E-state index contributed by atoms with van der Waals surface area (Å²) in [6.45, 7) is 0. The van der Waals surface area contributed by atoms with Gasteiger partial charge in [-0.1, -0.05) is 12.1 Å². The van der Waals surface area contributed by atoms with Crippen LogP contribution in [0.3, 0.4) is 0 Å². The minimum atomic E-state index is -0.440. The SMILES string of the molecule is O=[N+]([O-])c1cccc2cc(O)cc(Br)c12. The van der Waals surface area contributed by atoms with Gasteiger partial charge in [-0.05, 0) is 33.4 Å². The fourth-order valence-corrected chi connectivity index (χ4v) is 2.16. The first-order valence-corrected chi connectivity index (χ1v) is 4.94. The third-order valence-corrected chi connectivity index (χ3v) is 2.71. The number of rotatable bonds is 1. The first-order chi connectivity index (χ1) is 7.09. The van der Waals surface area contributed by atoms with Crippen LogP contribution in [0.4, 0.5) is 5.69 Å². The number of nitro groups is 1. The summed E-state index contributed by atoms with van der Waals surface area (Å²) in [5.41, 5.74) is 0.0272. The van der Waals surface area contributed by atoms with E-state index >= 15 is 0 Å². The molecule has 5 heteroatoms. The molecule has 2 aromatic rings. The first-order valence-electron chi connectivity index (χ1n) is 4.15. The Hall–Kier alpha value is -1.62. The van der Waals surface area contributed by atoms with E-state index < -0.39 is 4.92 Å². The monoisotopic (exact) mass is 267 g/mol. The van der Waals surface area contributed by atoms with Crippen LogP contribution in [-0.4, -0.2) is 10.0 Å². The summed E-state index contributed by atoms with van der Waals surface area (Å²) < 4.78 is 0.518. The number of aromatic hydroxyl groups is 1. The molecule has 1 N–H and O–H groups in total. The van der Waals surface area contributed by atoms with E-state index in [4.69, 9.17) is 0 Å². The molecule has 0 saturated heterocycles. The van der Waals surface area contributed by atoms with E-state index in [1.54, 1.807) is 12.1 Å². The lowest BCUT2D eigenvalue weighted by atomic mass is 10.1. The van der Waals surface area contributed by atoms with Gasteiger partial charge < -0.3 is 5.11 Å². The number of halogens is 1. The van der Waals surface area contributed by atoms with Crippen LogP contribution in [0, 0.1) is 10.1 Å². The van der Waals surface area contributed by atoms with Crippen molar-refractivity contribution in [3.8, 4) is 5.75 Å². The zero-order chi connectivity index (χ0) is 11.0. The highest BCUT2D eigenvalue weighted by Crippen LogP contribution is 2.34. The zero-order valence-electron chi connectivity index (χ0n) is 7.48. The van der Waals surface area contributed by atoms with Crippen molar-refractivity contribution in [2.24, 2.45) is 0 Å². The molecule has 0 amide bonds. The molecule has 0 spiro atoms. The van der Waals surface area contributed by atoms with Crippen molar-refractivity contribution < 1.29 is 10.0 Å². The first kappa shape index (κ1) is 9.92. The Kier molecular flexibility index (Phi) is 2.32. The Morgan fingerprint density at radius 3 is 2.73 bits per heavy atom. The number of hydrogen-bond donors (Lipinski definition) is 1. The number of nitrogens with zero attached hydrogens (tertiary/aromatic N) is 1. The summed E-state index contributed by atoms with van der Waals surface area (Å²) in [4.78, 5) is 10.3. The van der Waals surface area contributed by atoms with Crippen LogP contribution in [0.2, 0.25) is 0 Å². The largest absolute Gasteiger partial charge is 0.508 e. The van der Waals surface area contributed by atoms with Gasteiger partial charge in [-0.2, -0.15) is 0 Å². The van der Waals surface area contributed by atoms with Gasteiger partial charge in [0.2, 0.25) is 0 Å². The van der Waals surface area contributed by atoms with Crippen LogP contribution in [-0.2, 0) is 0 Å². The number of hydrogen-bond acceptors (Lipinski definition) is 3. The zero-order valence-corrected chi connectivity index (χ0v) is 9.06. The van der Waals surface area contributed by atoms with E-state index in [-0.39, 0.29) is 11.4 Å². The van der Waals surface area contributed by atoms with Crippen LogP contribution in [0.1, 0.15) is 0 Å². The Balaban J connectivity index is 2.91. The van der Waals surface area contributed by atoms with Gasteiger partial charge in [-0.25, -0.2) is 0 Å². The standard InChI is InChI=1S/C10H6BrNO3/c11-8-5-7(13)4-6-2-1-3-9(10(6)8)12(14)15/h1-5,13H. The van der Waals surface area contributed by atoms with Gasteiger partial charge in [0.25, 0.3) is 5.69 Å². The van der Waals surface area contributed by atoms with E-state index in [1.807, 2.05) is 0 Å². The third kappa shape index (κ3) is 1.66. The lowest BCUT2D eigenvalue weighted by Gasteiger charge is -2.02. The van der Waals surface area contributed by atoms with Crippen LogP contribution in [0.25, 0.3) is 10.8 Å². The number of benzene rings is 2. The van der Waals surface area contributed by atoms with Crippen molar-refractivity contribution in [2.75, 3.05) is 0 Å². The molecule has 76 valence electrons. The molecule has 0 saturated carbocycles. The lowest BCUT2D eigenvalue weighted by Crippen LogP contribution is -1.89. The van der Waals surface area contributed by atoms with Gasteiger partial charge in [0.15, 0.2) is 0 Å². The second-order valence-electron chi connectivity index (χ2n) is 3.06. The van der Waals surface area contributed by atoms with Gasteiger partial charge in [0.1, 0.15) is 5.75 Å². The smallest absolute Gasteiger partial charge is 0.278 e. The summed E-state index contributed by atoms with van der Waals surface area (Å²) in [6, 6.07) is 7.67. The normalized spacial score (nSPS) is 10.5. The van der Waals surface area contributed by atoms with Gasteiger partial charge >= 0.3 is 0 Å². The van der Waals surface area contributed by atoms with Crippen LogP contribution < -0.4 is 0 Å². The lowest BCUT2D eigenvalue weighted by molar-refractivity contribution is -0.383. The highest BCUT2D eigenvalue weighted by atomic mass is 79.9. The second-order valence-corrected chi connectivity index (χ2v) is 3.91. The maximum atomic E-state index is 10.8. The molecule has 0 fully saturated rings. The van der Waals surface area contributed by atoms with E-state index in [0.29, 0.717) is 15.2 Å². The molecule has 4 nitrogen and oxygen atoms in total. The summed E-state index contributed by atoms with van der Waals surface area (Å²) in [5.74, 6) is 0.0786. The summed E-state index contributed by atoms with van der Waals surface area (Å²) in [7, 11) is 0. The molecule has 0 aromatic heterocycles. The van der Waals surface area contributed by atoms with Gasteiger partial charge in [-0.3, -0.25) is 10.1 Å². The van der Waals surface area contributed by atoms with E-state index in [2.05, 4.69) is 15.9 Å². The highest BCUT2D eigenvalue weighted by molar-refractivity contribution is 9.10. The van der Waals surface area contributed by atoms with Crippen LogP contribution >= 0.6 is 15.9 Å². The van der Waals surface area contributed by atoms with Crippen LogP contribution in [0.15, 0.2) is 34.8 Å². The maximum absolute atomic E-state index is 10.8. The number of non-ortho nitro benzene ring substituents is 1. The minimum Gasteiger partial charge on any atom is -0.508 e. The topological polar surface area (TPSA) is 63.4 Å². The molecule has 0 unspecified atom stereocenters. The van der Waals surface area contributed by atoms with Crippen molar-refractivity contribution >= 4 is 32.4 Å². The maximum Gasteiger partial charge on any atom is 0.278 e. The van der Waals surface area contributed by atoms with Crippen molar-refractivity contribution in [3.05, 3.63) is 44.9 Å². The molecule has 15 heavy (non-hydrogen) atoms. The second kappa shape index (κ2) is 3.51. The summed E-state index contributed by atoms with van der Waals surface area (Å²) in [5, 5.41) is 21.3. The number of fused-ring (bicyclic) bond motifs is 1. The summed E-state index contributed by atoms with van der Waals surface area (Å²) in [6.07, 6.45) is 0. The molecule has 2 rings (SSSR count). The molecule has 0 heterocycles. The van der Waals surface area contributed by atoms with Gasteiger partial charge in [0, 0.05) is 10.5 Å². The predicted molar refractivity (Wildman–Crippen MR) is 60.0 cm³/mol. The van der Waals surface area contributed by atoms with Crippen molar-refractivity contribution in [3.63, 3.8) is 0 Å². The average molecular weight is 268 g/mol. The summed E-state index contributed by atoms with van der Waals surface area (Å²) >= 11 is 3.20. The molecule has 0 aliphatic rings. The van der Waals surface area contributed by atoms with E-state index in [0.717, 1.165) is 0 Å².